The summed E-state index contributed by atoms with van der Waals surface area (Å²) in [7, 11) is 0. The number of fused-ring (bicyclic) bond motifs is 3. The highest BCUT2D eigenvalue weighted by atomic mass is 16.5. The first-order valence-electron chi connectivity index (χ1n) is 7.66. The van der Waals surface area contributed by atoms with Gasteiger partial charge in [0.05, 0.1) is 13.2 Å². The Labute approximate surface area is 125 Å². The zero-order chi connectivity index (χ0) is 14.8. The number of hydrogen-bond donors (Lipinski definition) is 1. The molecule has 0 bridgehead atoms. The van der Waals surface area contributed by atoms with Crippen molar-refractivity contribution in [2.75, 3.05) is 18.5 Å². The van der Waals surface area contributed by atoms with Crippen molar-refractivity contribution in [3.05, 3.63) is 35.4 Å². The van der Waals surface area contributed by atoms with Gasteiger partial charge in [-0.05, 0) is 38.8 Å². The molecule has 0 radical (unpaired) electrons. The lowest BCUT2D eigenvalue weighted by Crippen LogP contribution is -2.21. The highest BCUT2D eigenvalue weighted by Crippen LogP contribution is 2.47. The Kier molecular flexibility index (Phi) is 3.86. The molecule has 2 atom stereocenters. The van der Waals surface area contributed by atoms with Crippen molar-refractivity contribution in [2.24, 2.45) is 0 Å². The number of nitrogens with one attached hydrogen (secondary N) is 1. The monoisotopic (exact) mass is 287 g/mol. The fourth-order valence-corrected chi connectivity index (χ4v) is 3.22. The third kappa shape index (κ3) is 2.39. The number of anilines is 1. The molecule has 1 heterocycles. The maximum absolute atomic E-state index is 12.2. The van der Waals surface area contributed by atoms with Crippen molar-refractivity contribution in [3.8, 4) is 5.75 Å². The summed E-state index contributed by atoms with van der Waals surface area (Å²) in [5, 5.41) is 3.55. The number of esters is 1. The van der Waals surface area contributed by atoms with Crippen LogP contribution in [0.1, 0.15) is 48.5 Å². The predicted molar refractivity (Wildman–Crippen MR) is 82.1 cm³/mol. The quantitative estimate of drug-likeness (QED) is 0.680. The summed E-state index contributed by atoms with van der Waals surface area (Å²) in [4.78, 5) is 12.2. The van der Waals surface area contributed by atoms with E-state index >= 15 is 0 Å². The van der Waals surface area contributed by atoms with E-state index in [9.17, 15) is 4.79 Å². The lowest BCUT2D eigenvalue weighted by atomic mass is 9.86. The minimum Gasteiger partial charge on any atom is -0.493 e. The summed E-state index contributed by atoms with van der Waals surface area (Å²) in [5.74, 6) is 0.650. The van der Waals surface area contributed by atoms with Gasteiger partial charge < -0.3 is 14.8 Å². The van der Waals surface area contributed by atoms with Gasteiger partial charge in [0.15, 0.2) is 0 Å². The SMILES string of the molecule is CCOC(=O)c1ccc2c(c1OCC)C1C=CCCC1N2. The minimum absolute atomic E-state index is 0.282. The first-order chi connectivity index (χ1) is 10.3. The average molecular weight is 287 g/mol. The number of hydrogen-bond acceptors (Lipinski definition) is 4. The molecule has 21 heavy (non-hydrogen) atoms. The van der Waals surface area contributed by atoms with Gasteiger partial charge in [0.1, 0.15) is 11.3 Å². The maximum Gasteiger partial charge on any atom is 0.341 e. The molecule has 2 unspecified atom stereocenters. The van der Waals surface area contributed by atoms with E-state index in [0.717, 1.165) is 24.1 Å². The Morgan fingerprint density at radius 3 is 2.95 bits per heavy atom. The van der Waals surface area contributed by atoms with Crippen LogP contribution in [0, 0.1) is 0 Å². The molecule has 0 spiro atoms. The Hall–Kier alpha value is -1.97. The predicted octanol–water partition coefficient (Wildman–Crippen LogP) is 3.49. The molecule has 0 saturated carbocycles. The molecule has 2 aliphatic rings. The number of benzene rings is 1. The molecule has 4 nitrogen and oxygen atoms in total. The fourth-order valence-electron chi connectivity index (χ4n) is 3.22. The number of rotatable bonds is 4. The van der Waals surface area contributed by atoms with E-state index in [0.29, 0.717) is 30.6 Å². The molecule has 1 aliphatic carbocycles. The van der Waals surface area contributed by atoms with Gasteiger partial charge in [-0.2, -0.15) is 0 Å². The van der Waals surface area contributed by atoms with Crippen LogP contribution in [0.2, 0.25) is 0 Å². The van der Waals surface area contributed by atoms with E-state index in [-0.39, 0.29) is 11.9 Å². The van der Waals surface area contributed by atoms with E-state index in [1.807, 2.05) is 19.9 Å². The normalized spacial score (nSPS) is 22.2. The van der Waals surface area contributed by atoms with Gasteiger partial charge >= 0.3 is 5.97 Å². The van der Waals surface area contributed by atoms with Crippen LogP contribution in [0.4, 0.5) is 5.69 Å². The van der Waals surface area contributed by atoms with E-state index in [2.05, 4.69) is 17.5 Å². The molecule has 1 aromatic carbocycles. The van der Waals surface area contributed by atoms with Crippen molar-refractivity contribution < 1.29 is 14.3 Å². The average Bonchev–Trinajstić information content (AvgIpc) is 2.86. The zero-order valence-corrected chi connectivity index (χ0v) is 12.5. The third-order valence-electron chi connectivity index (χ3n) is 4.08. The Bertz CT molecular complexity index is 580. The molecule has 0 amide bonds. The summed E-state index contributed by atoms with van der Waals surface area (Å²) in [6.07, 6.45) is 6.64. The van der Waals surface area contributed by atoms with E-state index in [1.54, 1.807) is 6.07 Å². The van der Waals surface area contributed by atoms with Gasteiger partial charge in [-0.3, -0.25) is 0 Å². The second-order valence-corrected chi connectivity index (χ2v) is 5.34. The largest absolute Gasteiger partial charge is 0.493 e. The second-order valence-electron chi connectivity index (χ2n) is 5.34. The Balaban J connectivity index is 2.07. The van der Waals surface area contributed by atoms with Crippen LogP contribution in [-0.2, 0) is 4.74 Å². The molecular weight excluding hydrogens is 266 g/mol. The van der Waals surface area contributed by atoms with E-state index in [1.165, 1.54) is 0 Å². The molecule has 3 rings (SSSR count). The van der Waals surface area contributed by atoms with Gasteiger partial charge in [0, 0.05) is 23.2 Å². The summed E-state index contributed by atoms with van der Waals surface area (Å²) in [6.45, 7) is 4.65. The van der Waals surface area contributed by atoms with Crippen molar-refractivity contribution in [1.29, 1.82) is 0 Å². The van der Waals surface area contributed by atoms with E-state index in [4.69, 9.17) is 9.47 Å². The van der Waals surface area contributed by atoms with Crippen molar-refractivity contribution in [1.82, 2.24) is 0 Å². The standard InChI is InChI=1S/C17H21NO3/c1-3-20-16-12(17(19)21-4-2)9-10-14-15(16)11-7-5-6-8-13(11)18-14/h5,7,9-11,13,18H,3-4,6,8H2,1-2H3. The van der Waals surface area contributed by atoms with Crippen LogP contribution in [0.3, 0.4) is 0 Å². The van der Waals surface area contributed by atoms with Crippen LogP contribution in [0.5, 0.6) is 5.75 Å². The number of ether oxygens (including phenoxy) is 2. The first-order valence-corrected chi connectivity index (χ1v) is 7.66. The van der Waals surface area contributed by atoms with Crippen LogP contribution < -0.4 is 10.1 Å². The minimum atomic E-state index is -0.313. The van der Waals surface area contributed by atoms with E-state index < -0.39 is 0 Å². The maximum atomic E-state index is 12.2. The Morgan fingerprint density at radius 1 is 1.33 bits per heavy atom. The molecule has 1 aliphatic heterocycles. The highest BCUT2D eigenvalue weighted by molar-refractivity contribution is 5.94. The van der Waals surface area contributed by atoms with Gasteiger partial charge in [-0.25, -0.2) is 4.79 Å². The lowest BCUT2D eigenvalue weighted by Gasteiger charge is -2.22. The van der Waals surface area contributed by atoms with Gasteiger partial charge in [0.25, 0.3) is 0 Å². The molecule has 112 valence electrons. The number of carbonyl (C=O) groups excluding carboxylic acids is 1. The van der Waals surface area contributed by atoms with Crippen LogP contribution in [0.15, 0.2) is 24.3 Å². The van der Waals surface area contributed by atoms with Gasteiger partial charge in [-0.1, -0.05) is 12.2 Å². The zero-order valence-electron chi connectivity index (χ0n) is 12.5. The van der Waals surface area contributed by atoms with Gasteiger partial charge in [0.2, 0.25) is 0 Å². The molecule has 1 N–H and O–H groups in total. The first kappa shape index (κ1) is 14.0. The molecule has 1 aromatic rings. The van der Waals surface area contributed by atoms with Crippen LogP contribution in [-0.4, -0.2) is 25.2 Å². The van der Waals surface area contributed by atoms with Gasteiger partial charge in [-0.15, -0.1) is 0 Å². The van der Waals surface area contributed by atoms with Crippen LogP contribution in [0.25, 0.3) is 0 Å². The molecular formula is C17H21NO3. The number of carbonyl (C=O) groups is 1. The molecule has 0 fully saturated rings. The summed E-state index contributed by atoms with van der Waals surface area (Å²) in [5.41, 5.74) is 2.70. The lowest BCUT2D eigenvalue weighted by molar-refractivity contribution is 0.0521. The summed E-state index contributed by atoms with van der Waals surface area (Å²) in [6, 6.07) is 4.17. The smallest absolute Gasteiger partial charge is 0.341 e. The molecule has 4 heteroatoms. The van der Waals surface area contributed by atoms with Crippen LogP contribution >= 0.6 is 0 Å². The highest BCUT2D eigenvalue weighted by Gasteiger charge is 2.36. The number of allylic oxidation sites excluding steroid dienone is 1. The van der Waals surface area contributed by atoms with Crippen molar-refractivity contribution in [3.63, 3.8) is 0 Å². The Morgan fingerprint density at radius 2 is 2.19 bits per heavy atom. The fraction of sp³-hybridized carbons (Fsp3) is 0.471. The molecule has 0 aromatic heterocycles. The second kappa shape index (κ2) is 5.80. The van der Waals surface area contributed by atoms with Crippen molar-refractivity contribution in [2.45, 2.75) is 38.6 Å². The summed E-state index contributed by atoms with van der Waals surface area (Å²) >= 11 is 0. The summed E-state index contributed by atoms with van der Waals surface area (Å²) < 4.78 is 11.0. The topological polar surface area (TPSA) is 47.6 Å². The van der Waals surface area contributed by atoms with Crippen molar-refractivity contribution >= 4 is 11.7 Å². The third-order valence-corrected chi connectivity index (χ3v) is 4.08. The molecule has 0 saturated heterocycles.